The molecule has 0 heterocycles. The molecular formula is C13H17ClN2O5S. The highest BCUT2D eigenvalue weighted by Crippen LogP contribution is 2.22. The number of amides is 1. The lowest BCUT2D eigenvalue weighted by Gasteiger charge is -2.13. The van der Waals surface area contributed by atoms with E-state index in [2.05, 4.69) is 5.32 Å². The molecule has 1 amide bonds. The molecule has 1 aromatic rings. The minimum absolute atomic E-state index is 0.0423. The molecule has 9 heteroatoms. The third-order valence-electron chi connectivity index (χ3n) is 2.65. The number of benzene rings is 1. The SMILES string of the molecule is CC(=O)NCCOC(=O)c1cc(S(=O)(=O)N(C)C)ccc1Cl. The van der Waals surface area contributed by atoms with Crippen molar-refractivity contribution in [2.75, 3.05) is 27.2 Å². The first-order valence-corrected chi connectivity index (χ1v) is 8.11. The van der Waals surface area contributed by atoms with Crippen LogP contribution in [-0.2, 0) is 19.6 Å². The van der Waals surface area contributed by atoms with E-state index in [0.717, 1.165) is 4.31 Å². The van der Waals surface area contributed by atoms with Gasteiger partial charge in [-0.3, -0.25) is 4.79 Å². The largest absolute Gasteiger partial charge is 0.460 e. The van der Waals surface area contributed by atoms with Gasteiger partial charge in [0.2, 0.25) is 15.9 Å². The van der Waals surface area contributed by atoms with E-state index in [1.807, 2.05) is 0 Å². The van der Waals surface area contributed by atoms with Crippen molar-refractivity contribution in [1.82, 2.24) is 9.62 Å². The summed E-state index contributed by atoms with van der Waals surface area (Å²) >= 11 is 5.90. The summed E-state index contributed by atoms with van der Waals surface area (Å²) in [7, 11) is -0.908. The fourth-order valence-electron chi connectivity index (χ4n) is 1.48. The van der Waals surface area contributed by atoms with E-state index in [-0.39, 0.29) is 34.5 Å². The lowest BCUT2D eigenvalue weighted by atomic mass is 10.2. The third-order valence-corrected chi connectivity index (χ3v) is 4.79. The molecule has 7 nitrogen and oxygen atoms in total. The van der Waals surface area contributed by atoms with Gasteiger partial charge in [-0.1, -0.05) is 11.6 Å². The Morgan fingerprint density at radius 3 is 2.50 bits per heavy atom. The molecule has 0 atom stereocenters. The molecule has 1 N–H and O–H groups in total. The molecule has 22 heavy (non-hydrogen) atoms. The summed E-state index contributed by atoms with van der Waals surface area (Å²) in [5, 5.41) is 2.55. The molecule has 1 rings (SSSR count). The molecule has 0 fully saturated rings. The number of nitrogens with one attached hydrogen (secondary N) is 1. The second kappa shape index (κ2) is 7.57. The van der Waals surface area contributed by atoms with Crippen molar-refractivity contribution in [3.8, 4) is 0 Å². The van der Waals surface area contributed by atoms with Crippen LogP contribution in [0.5, 0.6) is 0 Å². The van der Waals surface area contributed by atoms with Gasteiger partial charge < -0.3 is 10.1 Å². The predicted molar refractivity (Wildman–Crippen MR) is 81.3 cm³/mol. The van der Waals surface area contributed by atoms with Crippen LogP contribution in [0.25, 0.3) is 0 Å². The molecule has 0 bridgehead atoms. The molecule has 0 radical (unpaired) electrons. The van der Waals surface area contributed by atoms with Crippen molar-refractivity contribution in [3.05, 3.63) is 28.8 Å². The third kappa shape index (κ3) is 4.69. The lowest BCUT2D eigenvalue weighted by molar-refractivity contribution is -0.119. The van der Waals surface area contributed by atoms with Crippen molar-refractivity contribution in [1.29, 1.82) is 0 Å². The fourth-order valence-corrected chi connectivity index (χ4v) is 2.60. The Bertz CT molecular complexity index is 673. The Labute approximate surface area is 134 Å². The van der Waals surface area contributed by atoms with Gasteiger partial charge in [0.05, 0.1) is 22.0 Å². The molecule has 0 saturated heterocycles. The normalized spacial score (nSPS) is 11.3. The molecular weight excluding hydrogens is 332 g/mol. The fraction of sp³-hybridized carbons (Fsp3) is 0.385. The second-order valence-corrected chi connectivity index (χ2v) is 7.11. The van der Waals surface area contributed by atoms with Crippen molar-refractivity contribution in [2.45, 2.75) is 11.8 Å². The quantitative estimate of drug-likeness (QED) is 0.608. The van der Waals surface area contributed by atoms with Gasteiger partial charge >= 0.3 is 5.97 Å². The van der Waals surface area contributed by atoms with Crippen LogP contribution in [0.15, 0.2) is 23.1 Å². The van der Waals surface area contributed by atoms with E-state index >= 15 is 0 Å². The van der Waals surface area contributed by atoms with Crippen molar-refractivity contribution in [2.24, 2.45) is 0 Å². The number of rotatable bonds is 6. The highest BCUT2D eigenvalue weighted by Gasteiger charge is 2.21. The summed E-state index contributed by atoms with van der Waals surface area (Å²) in [4.78, 5) is 22.6. The van der Waals surface area contributed by atoms with E-state index in [9.17, 15) is 18.0 Å². The first-order valence-electron chi connectivity index (χ1n) is 6.30. The smallest absolute Gasteiger partial charge is 0.339 e. The van der Waals surface area contributed by atoms with Crippen molar-refractivity contribution >= 4 is 33.5 Å². The highest BCUT2D eigenvalue weighted by molar-refractivity contribution is 7.89. The molecule has 0 spiro atoms. The standard InChI is InChI=1S/C13H17ClN2O5S/c1-9(17)15-6-7-21-13(18)11-8-10(4-5-12(11)14)22(19,20)16(2)3/h4-5,8H,6-7H2,1-3H3,(H,15,17). The molecule has 122 valence electrons. The number of ether oxygens (including phenoxy) is 1. The first kappa shape index (κ1) is 18.4. The number of halogens is 1. The highest BCUT2D eigenvalue weighted by atomic mass is 35.5. The summed E-state index contributed by atoms with van der Waals surface area (Å²) in [6, 6.07) is 3.80. The topological polar surface area (TPSA) is 92.8 Å². The van der Waals surface area contributed by atoms with Crippen LogP contribution in [0.2, 0.25) is 5.02 Å². The molecule has 0 aromatic heterocycles. The van der Waals surface area contributed by atoms with Crippen LogP contribution in [0, 0.1) is 0 Å². The molecule has 0 unspecified atom stereocenters. The Kier molecular flexibility index (Phi) is 6.34. The van der Waals surface area contributed by atoms with Gasteiger partial charge in [0.1, 0.15) is 6.61 Å². The predicted octanol–water partition coefficient (Wildman–Crippen LogP) is 0.883. The van der Waals surface area contributed by atoms with Gasteiger partial charge in [0.25, 0.3) is 0 Å². The van der Waals surface area contributed by atoms with Crippen LogP contribution < -0.4 is 5.32 Å². The van der Waals surface area contributed by atoms with E-state index in [0.29, 0.717) is 0 Å². The number of carbonyl (C=O) groups excluding carboxylic acids is 2. The zero-order valence-electron chi connectivity index (χ0n) is 12.4. The second-order valence-electron chi connectivity index (χ2n) is 4.55. The van der Waals surface area contributed by atoms with Gasteiger partial charge in [-0.2, -0.15) is 0 Å². The number of carbonyl (C=O) groups is 2. The Hall–Kier alpha value is -1.64. The molecule has 0 saturated carbocycles. The van der Waals surface area contributed by atoms with E-state index in [1.165, 1.54) is 39.2 Å². The van der Waals surface area contributed by atoms with E-state index in [4.69, 9.17) is 16.3 Å². The van der Waals surface area contributed by atoms with Gasteiger partial charge in [-0.05, 0) is 18.2 Å². The van der Waals surface area contributed by atoms with Gasteiger partial charge in [-0.15, -0.1) is 0 Å². The molecule has 0 aliphatic rings. The van der Waals surface area contributed by atoms with Crippen LogP contribution in [0.4, 0.5) is 0 Å². The summed E-state index contributed by atoms with van der Waals surface area (Å²) in [5.41, 5.74) is -0.0487. The zero-order valence-corrected chi connectivity index (χ0v) is 14.0. The minimum Gasteiger partial charge on any atom is -0.460 e. The van der Waals surface area contributed by atoms with Crippen molar-refractivity contribution < 1.29 is 22.7 Å². The average Bonchev–Trinajstić information content (AvgIpc) is 2.43. The number of hydrogen-bond acceptors (Lipinski definition) is 5. The monoisotopic (exact) mass is 348 g/mol. The minimum atomic E-state index is -3.68. The average molecular weight is 349 g/mol. The Morgan fingerprint density at radius 2 is 1.95 bits per heavy atom. The van der Waals surface area contributed by atoms with Gasteiger partial charge in [0, 0.05) is 21.0 Å². The maximum absolute atomic E-state index is 12.0. The van der Waals surface area contributed by atoms with Gasteiger partial charge in [0.15, 0.2) is 0 Å². The molecule has 1 aromatic carbocycles. The van der Waals surface area contributed by atoms with Crippen LogP contribution in [0.1, 0.15) is 17.3 Å². The first-order chi connectivity index (χ1) is 10.2. The number of sulfonamides is 1. The molecule has 0 aliphatic heterocycles. The summed E-state index contributed by atoms with van der Waals surface area (Å²) < 4.78 is 30.0. The number of nitrogens with zero attached hydrogens (tertiary/aromatic N) is 1. The summed E-state index contributed by atoms with van der Waals surface area (Å²) in [6.07, 6.45) is 0. The summed E-state index contributed by atoms with van der Waals surface area (Å²) in [5.74, 6) is -1.00. The zero-order chi connectivity index (χ0) is 16.9. The number of hydrogen-bond donors (Lipinski definition) is 1. The van der Waals surface area contributed by atoms with Crippen LogP contribution in [-0.4, -0.2) is 51.8 Å². The van der Waals surface area contributed by atoms with Gasteiger partial charge in [-0.25, -0.2) is 17.5 Å². The molecule has 0 aliphatic carbocycles. The Morgan fingerprint density at radius 1 is 1.32 bits per heavy atom. The number of esters is 1. The maximum Gasteiger partial charge on any atom is 0.339 e. The van der Waals surface area contributed by atoms with Crippen LogP contribution >= 0.6 is 11.6 Å². The maximum atomic E-state index is 12.0. The van der Waals surface area contributed by atoms with Crippen molar-refractivity contribution in [3.63, 3.8) is 0 Å². The summed E-state index contributed by atoms with van der Waals surface area (Å²) in [6.45, 7) is 1.46. The lowest BCUT2D eigenvalue weighted by Crippen LogP contribution is -2.25. The van der Waals surface area contributed by atoms with E-state index in [1.54, 1.807) is 0 Å². The Balaban J connectivity index is 2.91. The van der Waals surface area contributed by atoms with E-state index < -0.39 is 16.0 Å². The van der Waals surface area contributed by atoms with Crippen LogP contribution in [0.3, 0.4) is 0 Å².